The Balaban J connectivity index is 1.47. The third-order valence-corrected chi connectivity index (χ3v) is 4.10. The molecule has 0 bridgehead atoms. The summed E-state index contributed by atoms with van der Waals surface area (Å²) in [4.78, 5) is 10.8. The number of rotatable bonds is 4. The number of hydrogen-bond donors (Lipinski definition) is 1. The Labute approximate surface area is 131 Å². The highest BCUT2D eigenvalue weighted by atomic mass is 127. The van der Waals surface area contributed by atoms with Gasteiger partial charge in [0.05, 0.1) is 6.54 Å². The van der Waals surface area contributed by atoms with Gasteiger partial charge in [-0.2, -0.15) is 0 Å². The summed E-state index contributed by atoms with van der Waals surface area (Å²) in [7, 11) is 0. The van der Waals surface area contributed by atoms with Crippen LogP contribution >= 0.6 is 22.6 Å². The van der Waals surface area contributed by atoms with Crippen LogP contribution in [0.4, 0.5) is 5.95 Å². The molecule has 0 unspecified atom stereocenters. The topological polar surface area (TPSA) is 54.2 Å². The minimum atomic E-state index is 0.540. The minimum Gasteiger partial charge on any atom is -0.454 e. The molecule has 5 nitrogen and oxygen atoms in total. The molecule has 0 aromatic carbocycles. The second-order valence-corrected chi connectivity index (χ2v) is 5.96. The maximum Gasteiger partial charge on any atom is 0.225 e. The largest absolute Gasteiger partial charge is 0.454 e. The number of halogens is 1. The number of furan rings is 1. The first-order valence-electron chi connectivity index (χ1n) is 6.81. The Morgan fingerprint density at radius 2 is 2.00 bits per heavy atom. The van der Waals surface area contributed by atoms with Crippen molar-refractivity contribution in [3.8, 4) is 0 Å². The fraction of sp³-hybridized carbons (Fsp3) is 0.429. The Morgan fingerprint density at radius 1 is 1.25 bits per heavy atom. The normalized spacial score (nSPS) is 16.6. The van der Waals surface area contributed by atoms with Gasteiger partial charge < -0.3 is 14.6 Å². The average molecular weight is 384 g/mol. The molecule has 106 valence electrons. The van der Waals surface area contributed by atoms with Crippen molar-refractivity contribution in [2.45, 2.75) is 25.4 Å². The molecule has 3 rings (SSSR count). The van der Waals surface area contributed by atoms with Gasteiger partial charge in [-0.15, -0.1) is 0 Å². The molecule has 1 N–H and O–H groups in total. The van der Waals surface area contributed by atoms with Crippen LogP contribution in [0.5, 0.6) is 0 Å². The van der Waals surface area contributed by atoms with Gasteiger partial charge in [-0.25, -0.2) is 9.97 Å². The van der Waals surface area contributed by atoms with Crippen molar-refractivity contribution in [2.75, 3.05) is 18.0 Å². The first-order chi connectivity index (χ1) is 9.81. The molecule has 0 spiro atoms. The third kappa shape index (κ3) is 3.49. The molecule has 2 aromatic rings. The highest BCUT2D eigenvalue weighted by Crippen LogP contribution is 2.16. The van der Waals surface area contributed by atoms with E-state index in [1.807, 2.05) is 18.2 Å². The first-order valence-corrected chi connectivity index (χ1v) is 7.89. The number of aromatic nitrogens is 2. The van der Waals surface area contributed by atoms with Gasteiger partial charge in [0, 0.05) is 31.5 Å². The average Bonchev–Trinajstić information content (AvgIpc) is 2.92. The molecule has 0 atom stereocenters. The zero-order valence-electron chi connectivity index (χ0n) is 11.1. The predicted octanol–water partition coefficient (Wildman–Crippen LogP) is 2.43. The SMILES string of the molecule is Ic1ccc(CNC2CCN(c3ncccn3)CC2)o1. The summed E-state index contributed by atoms with van der Waals surface area (Å²) >= 11 is 2.19. The summed E-state index contributed by atoms with van der Waals surface area (Å²) in [6, 6.07) is 6.41. The van der Waals surface area contributed by atoms with Crippen LogP contribution in [0.2, 0.25) is 0 Å². The van der Waals surface area contributed by atoms with Crippen molar-refractivity contribution in [3.63, 3.8) is 0 Å². The molecule has 20 heavy (non-hydrogen) atoms. The maximum atomic E-state index is 5.56. The van der Waals surface area contributed by atoms with Gasteiger partial charge in [0.15, 0.2) is 3.77 Å². The van der Waals surface area contributed by atoms with Gasteiger partial charge in [0.1, 0.15) is 5.76 Å². The van der Waals surface area contributed by atoms with Crippen molar-refractivity contribution in [1.29, 1.82) is 0 Å². The van der Waals surface area contributed by atoms with E-state index in [2.05, 4.69) is 42.8 Å². The molecule has 2 aromatic heterocycles. The lowest BCUT2D eigenvalue weighted by Gasteiger charge is -2.32. The highest BCUT2D eigenvalue weighted by Gasteiger charge is 2.20. The molecule has 0 radical (unpaired) electrons. The molecular formula is C14H17IN4O. The molecule has 1 fully saturated rings. The molecular weight excluding hydrogens is 367 g/mol. The molecule has 0 saturated carbocycles. The van der Waals surface area contributed by atoms with Crippen LogP contribution in [-0.2, 0) is 6.54 Å². The Bertz CT molecular complexity index is 537. The zero-order valence-corrected chi connectivity index (χ0v) is 13.3. The lowest BCUT2D eigenvalue weighted by atomic mass is 10.1. The second-order valence-electron chi connectivity index (χ2n) is 4.90. The Kier molecular flexibility index (Phi) is 4.51. The summed E-state index contributed by atoms with van der Waals surface area (Å²) in [6.45, 7) is 2.80. The van der Waals surface area contributed by atoms with E-state index in [4.69, 9.17) is 4.42 Å². The van der Waals surface area contributed by atoms with E-state index in [-0.39, 0.29) is 0 Å². The number of hydrogen-bond acceptors (Lipinski definition) is 5. The number of piperidine rings is 1. The Morgan fingerprint density at radius 3 is 2.65 bits per heavy atom. The van der Waals surface area contributed by atoms with Crippen LogP contribution in [0.3, 0.4) is 0 Å². The van der Waals surface area contributed by atoms with E-state index in [0.29, 0.717) is 6.04 Å². The van der Waals surface area contributed by atoms with E-state index < -0.39 is 0 Å². The molecule has 0 amide bonds. The number of nitrogens with zero attached hydrogens (tertiary/aromatic N) is 3. The van der Waals surface area contributed by atoms with E-state index in [9.17, 15) is 0 Å². The standard InChI is InChI=1S/C14H17IN4O/c15-13-3-2-12(20-13)10-18-11-4-8-19(9-5-11)14-16-6-1-7-17-14/h1-3,6-7,11,18H,4-5,8-10H2. The lowest BCUT2D eigenvalue weighted by Crippen LogP contribution is -2.42. The summed E-state index contributed by atoms with van der Waals surface area (Å²) in [5.41, 5.74) is 0. The minimum absolute atomic E-state index is 0.540. The van der Waals surface area contributed by atoms with Crippen LogP contribution in [0, 0.1) is 3.77 Å². The quantitative estimate of drug-likeness (QED) is 0.821. The first kappa shape index (κ1) is 13.8. The van der Waals surface area contributed by atoms with Crippen LogP contribution in [0.25, 0.3) is 0 Å². The van der Waals surface area contributed by atoms with E-state index in [0.717, 1.165) is 48.0 Å². The number of anilines is 1. The zero-order chi connectivity index (χ0) is 13.8. The van der Waals surface area contributed by atoms with Crippen LogP contribution in [-0.4, -0.2) is 29.1 Å². The van der Waals surface area contributed by atoms with Gasteiger partial charge >= 0.3 is 0 Å². The van der Waals surface area contributed by atoms with E-state index >= 15 is 0 Å². The molecule has 6 heteroatoms. The van der Waals surface area contributed by atoms with Crippen molar-refractivity contribution in [2.24, 2.45) is 0 Å². The Hall–Kier alpha value is -1.15. The smallest absolute Gasteiger partial charge is 0.225 e. The van der Waals surface area contributed by atoms with Gasteiger partial charge in [-0.3, -0.25) is 0 Å². The maximum absolute atomic E-state index is 5.56. The van der Waals surface area contributed by atoms with Crippen LogP contribution in [0.1, 0.15) is 18.6 Å². The summed E-state index contributed by atoms with van der Waals surface area (Å²) in [5, 5.41) is 3.56. The fourth-order valence-electron chi connectivity index (χ4n) is 2.43. The number of nitrogens with one attached hydrogen (secondary N) is 1. The summed E-state index contributed by atoms with van der Waals surface area (Å²) < 4.78 is 6.50. The van der Waals surface area contributed by atoms with Crippen molar-refractivity contribution in [3.05, 3.63) is 40.1 Å². The lowest BCUT2D eigenvalue weighted by molar-refractivity contribution is 0.382. The van der Waals surface area contributed by atoms with Crippen molar-refractivity contribution in [1.82, 2.24) is 15.3 Å². The van der Waals surface area contributed by atoms with Crippen LogP contribution in [0.15, 0.2) is 35.0 Å². The van der Waals surface area contributed by atoms with E-state index in [1.54, 1.807) is 12.4 Å². The predicted molar refractivity (Wildman–Crippen MR) is 85.5 cm³/mol. The van der Waals surface area contributed by atoms with Crippen molar-refractivity contribution < 1.29 is 4.42 Å². The van der Waals surface area contributed by atoms with Gasteiger partial charge in [-0.05, 0) is 53.6 Å². The molecule has 1 saturated heterocycles. The van der Waals surface area contributed by atoms with Gasteiger partial charge in [0.25, 0.3) is 0 Å². The molecule has 1 aliphatic rings. The summed E-state index contributed by atoms with van der Waals surface area (Å²) in [5.74, 6) is 1.84. The van der Waals surface area contributed by atoms with Crippen molar-refractivity contribution >= 4 is 28.5 Å². The second kappa shape index (κ2) is 6.53. The third-order valence-electron chi connectivity index (χ3n) is 3.52. The molecule has 1 aliphatic heterocycles. The fourth-order valence-corrected chi connectivity index (χ4v) is 2.89. The van der Waals surface area contributed by atoms with Gasteiger partial charge in [0.2, 0.25) is 5.95 Å². The molecule has 3 heterocycles. The summed E-state index contributed by atoms with van der Waals surface area (Å²) in [6.07, 6.45) is 5.81. The highest BCUT2D eigenvalue weighted by molar-refractivity contribution is 14.1. The van der Waals surface area contributed by atoms with E-state index in [1.165, 1.54) is 0 Å². The molecule has 0 aliphatic carbocycles. The monoisotopic (exact) mass is 384 g/mol. The van der Waals surface area contributed by atoms with Crippen LogP contribution < -0.4 is 10.2 Å². The van der Waals surface area contributed by atoms with Gasteiger partial charge in [-0.1, -0.05) is 0 Å².